The van der Waals surface area contributed by atoms with Crippen molar-refractivity contribution in [2.75, 3.05) is 26.4 Å². The van der Waals surface area contributed by atoms with Crippen LogP contribution in [-0.4, -0.2) is 142 Å². The van der Waals surface area contributed by atoms with Gasteiger partial charge in [-0.1, -0.05) is 219 Å². The van der Waals surface area contributed by atoms with Gasteiger partial charge in [0, 0.05) is 12.8 Å². The number of carbonyl (C=O) groups is 2. The molecule has 0 amide bonds. The highest BCUT2D eigenvalue weighted by atomic mass is 16.7. The Morgan fingerprint density at radius 1 is 0.419 bits per heavy atom. The van der Waals surface area contributed by atoms with Crippen molar-refractivity contribution in [2.24, 2.45) is 0 Å². The molecule has 7 N–H and O–H groups in total. The van der Waals surface area contributed by atoms with Crippen molar-refractivity contribution in [1.82, 2.24) is 0 Å². The van der Waals surface area contributed by atoms with Gasteiger partial charge in [-0.05, 0) is 38.5 Å². The number of ether oxygens (including phenoxy) is 6. The number of aliphatic hydroxyl groups is 7. The number of allylic oxidation sites excluding steroid dienone is 2. The molecule has 15 nitrogen and oxygen atoms in total. The minimum atomic E-state index is -1.76. The number of esters is 2. The quantitative estimate of drug-likeness (QED) is 0.0171. The lowest BCUT2D eigenvalue weighted by molar-refractivity contribution is -0.332. The summed E-state index contributed by atoms with van der Waals surface area (Å²) in [5.41, 5.74) is 0. The normalized spacial score (nSPS) is 24.7. The van der Waals surface area contributed by atoms with Crippen molar-refractivity contribution in [3.05, 3.63) is 12.2 Å². The van der Waals surface area contributed by atoms with Crippen molar-refractivity contribution in [2.45, 2.75) is 325 Å². The van der Waals surface area contributed by atoms with Gasteiger partial charge in [-0.25, -0.2) is 0 Å². The number of unbranched alkanes of at least 4 members (excludes halogenated alkanes) is 33. The van der Waals surface area contributed by atoms with Crippen molar-refractivity contribution in [1.29, 1.82) is 0 Å². The Morgan fingerprint density at radius 3 is 1.19 bits per heavy atom. The van der Waals surface area contributed by atoms with Gasteiger partial charge in [0.15, 0.2) is 18.7 Å². The Balaban J connectivity index is 1.73. The van der Waals surface area contributed by atoms with Gasteiger partial charge in [0.2, 0.25) is 0 Å². The number of hydrogen-bond acceptors (Lipinski definition) is 15. The highest BCUT2D eigenvalue weighted by molar-refractivity contribution is 5.70. The number of rotatable bonds is 49. The van der Waals surface area contributed by atoms with Gasteiger partial charge in [-0.2, -0.15) is 0 Å². The van der Waals surface area contributed by atoms with E-state index in [0.29, 0.717) is 12.8 Å². The molecule has 0 radical (unpaired) electrons. The van der Waals surface area contributed by atoms with Gasteiger partial charge in [0.1, 0.15) is 55.4 Å². The van der Waals surface area contributed by atoms with Crippen LogP contribution in [0.2, 0.25) is 0 Å². The van der Waals surface area contributed by atoms with E-state index in [1.807, 2.05) is 0 Å². The molecule has 0 saturated carbocycles. The number of hydrogen-bond donors (Lipinski definition) is 7. The van der Waals surface area contributed by atoms with Gasteiger partial charge < -0.3 is 64.2 Å². The molecule has 74 heavy (non-hydrogen) atoms. The zero-order valence-electron chi connectivity index (χ0n) is 46.6. The largest absolute Gasteiger partial charge is 0.462 e. The van der Waals surface area contributed by atoms with Crippen LogP contribution in [-0.2, 0) is 38.0 Å². The molecule has 0 bridgehead atoms. The van der Waals surface area contributed by atoms with Crippen LogP contribution < -0.4 is 0 Å². The summed E-state index contributed by atoms with van der Waals surface area (Å²) in [6.45, 7) is 2.65. The lowest BCUT2D eigenvalue weighted by Gasteiger charge is -2.42. The first-order chi connectivity index (χ1) is 36.0. The van der Waals surface area contributed by atoms with Crippen LogP contribution in [0.4, 0.5) is 0 Å². The first-order valence-electron chi connectivity index (χ1n) is 30.3. The first kappa shape index (κ1) is 68.3. The third-order valence-corrected chi connectivity index (χ3v) is 14.7. The van der Waals surface area contributed by atoms with E-state index in [1.165, 1.54) is 173 Å². The molecule has 0 aliphatic carbocycles. The van der Waals surface area contributed by atoms with Gasteiger partial charge in [-0.15, -0.1) is 0 Å². The second-order valence-electron chi connectivity index (χ2n) is 21.5. The second kappa shape index (κ2) is 46.2. The predicted molar refractivity (Wildman–Crippen MR) is 289 cm³/mol. The average molecular weight is 1060 g/mol. The van der Waals surface area contributed by atoms with E-state index in [0.717, 1.165) is 44.9 Å². The molecule has 0 aromatic rings. The zero-order valence-corrected chi connectivity index (χ0v) is 46.6. The molecular formula is C59H110O15. The van der Waals surface area contributed by atoms with Gasteiger partial charge >= 0.3 is 11.9 Å². The summed E-state index contributed by atoms with van der Waals surface area (Å²) < 4.78 is 33.7. The summed E-state index contributed by atoms with van der Waals surface area (Å²) in [5.74, 6) is -0.910. The summed E-state index contributed by atoms with van der Waals surface area (Å²) in [5, 5.41) is 72.3. The Hall–Kier alpha value is -1.76. The van der Waals surface area contributed by atoms with Crippen LogP contribution in [0.15, 0.2) is 12.2 Å². The molecule has 2 aliphatic heterocycles. The molecule has 436 valence electrons. The Labute approximate surface area is 448 Å². The van der Waals surface area contributed by atoms with E-state index in [2.05, 4.69) is 26.0 Å². The van der Waals surface area contributed by atoms with Crippen molar-refractivity contribution in [3.8, 4) is 0 Å². The Kier molecular flexibility index (Phi) is 42.7. The van der Waals surface area contributed by atoms with Crippen LogP contribution in [0.3, 0.4) is 0 Å². The summed E-state index contributed by atoms with van der Waals surface area (Å²) in [6, 6.07) is 0. The molecule has 2 rings (SSSR count). The molecule has 2 saturated heterocycles. The minimum Gasteiger partial charge on any atom is -0.462 e. The lowest BCUT2D eigenvalue weighted by atomic mass is 9.98. The molecular weight excluding hydrogens is 949 g/mol. The topological polar surface area (TPSA) is 231 Å². The van der Waals surface area contributed by atoms with Crippen LogP contribution in [0.25, 0.3) is 0 Å². The SMILES string of the molecule is CCCCCCCC/C=C/CCCCCCCCCCCC(=O)O[C@@H](COC(=O)CCCCCCCCCCCCCCCCCCCCC)CO[C@@H]1O[C@H](CO[C@@H]2O[C@H](CO)[C@H](O)C(O)C2O)[C@H](O)C(O)C1O. The van der Waals surface area contributed by atoms with Gasteiger partial charge in [-0.3, -0.25) is 9.59 Å². The third kappa shape index (κ3) is 32.9. The minimum absolute atomic E-state index is 0.168. The third-order valence-electron chi connectivity index (χ3n) is 14.7. The number of aliphatic hydroxyl groups excluding tert-OH is 7. The summed E-state index contributed by atoms with van der Waals surface area (Å²) in [4.78, 5) is 25.9. The molecule has 15 heteroatoms. The van der Waals surface area contributed by atoms with Gasteiger partial charge in [0.05, 0.1) is 19.8 Å². The number of carbonyl (C=O) groups excluding carboxylic acids is 2. The molecule has 2 fully saturated rings. The molecule has 0 aromatic carbocycles. The fourth-order valence-corrected chi connectivity index (χ4v) is 9.80. The maximum absolute atomic E-state index is 13.1. The van der Waals surface area contributed by atoms with Crippen molar-refractivity contribution < 1.29 is 73.8 Å². The molecule has 0 spiro atoms. The molecule has 2 aliphatic rings. The summed E-state index contributed by atoms with van der Waals surface area (Å²) in [6.07, 6.45) is 32.3. The maximum Gasteiger partial charge on any atom is 0.306 e. The van der Waals surface area contributed by atoms with Crippen LogP contribution in [0.1, 0.15) is 258 Å². The van der Waals surface area contributed by atoms with E-state index >= 15 is 0 Å². The average Bonchev–Trinajstić information content (AvgIpc) is 3.39. The van der Waals surface area contributed by atoms with E-state index in [1.54, 1.807) is 0 Å². The van der Waals surface area contributed by atoms with E-state index in [4.69, 9.17) is 28.4 Å². The standard InChI is InChI=1S/C59H110O15/c1-3-5-7-9-11-13-15-17-19-21-23-25-27-29-31-33-35-37-39-41-50(61)69-44-47(72-51(62)42-40-38-36-34-32-30-28-26-24-22-20-18-16-14-12-10-8-6-4-2)45-70-58-57(68)55(66)53(64)49(74-58)46-71-59-56(67)54(65)52(63)48(43-60)73-59/h18,20,47-49,52-60,63-68H,3-17,19,21-46H2,1-2H3/b20-18+/t47-,48+,49+,52-,53-,54?,55?,56?,57?,58+,59+/m0/s1. The highest BCUT2D eigenvalue weighted by Gasteiger charge is 2.47. The fourth-order valence-electron chi connectivity index (χ4n) is 9.80. The van der Waals surface area contributed by atoms with Crippen molar-refractivity contribution >= 4 is 11.9 Å². The monoisotopic (exact) mass is 1060 g/mol. The molecule has 11 atom stereocenters. The van der Waals surface area contributed by atoms with Crippen LogP contribution >= 0.6 is 0 Å². The van der Waals surface area contributed by atoms with Crippen molar-refractivity contribution in [3.63, 3.8) is 0 Å². The van der Waals surface area contributed by atoms with E-state index in [9.17, 15) is 45.3 Å². The predicted octanol–water partition coefficient (Wildman–Crippen LogP) is 10.5. The zero-order chi connectivity index (χ0) is 53.9. The molecule has 0 aromatic heterocycles. The Bertz CT molecular complexity index is 1340. The van der Waals surface area contributed by atoms with Gasteiger partial charge in [0.25, 0.3) is 0 Å². The summed E-state index contributed by atoms with van der Waals surface area (Å²) in [7, 11) is 0. The van der Waals surface area contributed by atoms with Crippen LogP contribution in [0.5, 0.6) is 0 Å². The molecule has 2 heterocycles. The second-order valence-corrected chi connectivity index (χ2v) is 21.5. The highest BCUT2D eigenvalue weighted by Crippen LogP contribution is 2.27. The molecule has 4 unspecified atom stereocenters. The van der Waals surface area contributed by atoms with E-state index in [-0.39, 0.29) is 26.1 Å². The lowest BCUT2D eigenvalue weighted by Crippen LogP contribution is -2.61. The fraction of sp³-hybridized carbons (Fsp3) is 0.932. The summed E-state index contributed by atoms with van der Waals surface area (Å²) >= 11 is 0. The Morgan fingerprint density at radius 2 is 0.770 bits per heavy atom. The van der Waals surface area contributed by atoms with E-state index < -0.39 is 92.7 Å². The first-order valence-corrected chi connectivity index (χ1v) is 30.3. The van der Waals surface area contributed by atoms with Crippen LogP contribution in [0, 0.1) is 0 Å². The smallest absolute Gasteiger partial charge is 0.306 e. The maximum atomic E-state index is 13.1.